The van der Waals surface area contributed by atoms with Crippen LogP contribution in [0.1, 0.15) is 5.56 Å². The topological polar surface area (TPSA) is 42.5 Å². The number of thiocarbonyl (C=S) groups is 1. The van der Waals surface area contributed by atoms with Crippen LogP contribution in [-0.4, -0.2) is 18.6 Å². The second-order valence-corrected chi connectivity index (χ2v) is 5.48. The number of alkyl halides is 6. The SMILES string of the molecule is COc1cc(NC(=S)Nc2ccccc2OC(F)(F)F)cc(C(F)(F)F)c1. The van der Waals surface area contributed by atoms with E-state index in [4.69, 9.17) is 17.0 Å². The van der Waals surface area contributed by atoms with Crippen LogP contribution in [0.15, 0.2) is 42.5 Å². The molecule has 4 nitrogen and oxygen atoms in total. The van der Waals surface area contributed by atoms with Gasteiger partial charge in [-0.05, 0) is 36.5 Å². The molecule has 0 aliphatic heterocycles. The fraction of sp³-hybridized carbons (Fsp3) is 0.188. The summed E-state index contributed by atoms with van der Waals surface area (Å²) in [5.41, 5.74) is -1.16. The van der Waals surface area contributed by atoms with Crippen molar-refractivity contribution >= 4 is 28.7 Å². The van der Waals surface area contributed by atoms with E-state index in [0.29, 0.717) is 0 Å². The molecule has 0 aliphatic carbocycles. The van der Waals surface area contributed by atoms with E-state index in [-0.39, 0.29) is 22.2 Å². The van der Waals surface area contributed by atoms with Crippen LogP contribution in [0.5, 0.6) is 11.5 Å². The van der Waals surface area contributed by atoms with Crippen LogP contribution in [0.3, 0.4) is 0 Å². The van der Waals surface area contributed by atoms with Crippen LogP contribution in [-0.2, 0) is 6.18 Å². The van der Waals surface area contributed by atoms with Crippen molar-refractivity contribution in [3.8, 4) is 11.5 Å². The monoisotopic (exact) mass is 410 g/mol. The van der Waals surface area contributed by atoms with Gasteiger partial charge in [0.15, 0.2) is 10.9 Å². The normalized spacial score (nSPS) is 11.7. The molecule has 0 radical (unpaired) electrons. The largest absolute Gasteiger partial charge is 0.573 e. The minimum absolute atomic E-state index is 0.0617. The zero-order valence-electron chi connectivity index (χ0n) is 13.5. The molecule has 11 heteroatoms. The quantitative estimate of drug-likeness (QED) is 0.520. The fourth-order valence-electron chi connectivity index (χ4n) is 2.02. The molecule has 0 amide bonds. The standard InChI is InChI=1S/C16H12F6N2O2S/c1-25-11-7-9(15(17,18)19)6-10(8-11)23-14(27)24-12-4-2-3-5-13(12)26-16(20,21)22/h2-8H,1H3,(H2,23,24,27). The molecule has 146 valence electrons. The molecule has 0 atom stereocenters. The summed E-state index contributed by atoms with van der Waals surface area (Å²) in [6.07, 6.45) is -9.53. The molecular formula is C16H12F6N2O2S. The number of para-hydroxylation sites is 2. The van der Waals surface area contributed by atoms with Gasteiger partial charge in [0, 0.05) is 11.8 Å². The van der Waals surface area contributed by atoms with Crippen LogP contribution in [0.25, 0.3) is 0 Å². The molecule has 2 rings (SSSR count). The van der Waals surface area contributed by atoms with Crippen molar-refractivity contribution in [1.29, 1.82) is 0 Å². The van der Waals surface area contributed by atoms with Gasteiger partial charge in [-0.15, -0.1) is 13.2 Å². The van der Waals surface area contributed by atoms with Gasteiger partial charge in [0.2, 0.25) is 0 Å². The maximum absolute atomic E-state index is 12.9. The average molecular weight is 410 g/mol. The molecule has 2 aromatic rings. The van der Waals surface area contributed by atoms with Crippen molar-refractivity contribution in [2.75, 3.05) is 17.7 Å². The summed E-state index contributed by atoms with van der Waals surface area (Å²) in [7, 11) is 1.20. The molecule has 2 aromatic carbocycles. The highest BCUT2D eigenvalue weighted by Crippen LogP contribution is 2.34. The lowest BCUT2D eigenvalue weighted by Gasteiger charge is -2.17. The molecule has 0 aliphatic rings. The maximum Gasteiger partial charge on any atom is 0.573 e. The minimum Gasteiger partial charge on any atom is -0.497 e. The number of hydrogen-bond acceptors (Lipinski definition) is 3. The first-order valence-electron chi connectivity index (χ1n) is 7.17. The first-order valence-corrected chi connectivity index (χ1v) is 7.58. The molecule has 27 heavy (non-hydrogen) atoms. The highest BCUT2D eigenvalue weighted by Gasteiger charge is 2.33. The number of hydrogen-bond donors (Lipinski definition) is 2. The Balaban J connectivity index is 2.20. The summed E-state index contributed by atoms with van der Waals surface area (Å²) in [6, 6.07) is 7.92. The zero-order chi connectivity index (χ0) is 20.2. The zero-order valence-corrected chi connectivity index (χ0v) is 14.4. The third kappa shape index (κ3) is 6.20. The third-order valence-corrected chi connectivity index (χ3v) is 3.29. The van der Waals surface area contributed by atoms with Crippen LogP contribution >= 0.6 is 12.2 Å². The third-order valence-electron chi connectivity index (χ3n) is 3.09. The van der Waals surface area contributed by atoms with Crippen molar-refractivity contribution in [3.05, 3.63) is 48.0 Å². The molecule has 0 saturated heterocycles. The highest BCUT2D eigenvalue weighted by atomic mass is 32.1. The van der Waals surface area contributed by atoms with E-state index in [1.807, 2.05) is 0 Å². The molecule has 0 heterocycles. The van der Waals surface area contributed by atoms with Crippen molar-refractivity contribution in [3.63, 3.8) is 0 Å². The van der Waals surface area contributed by atoms with Crippen molar-refractivity contribution in [2.45, 2.75) is 12.5 Å². The van der Waals surface area contributed by atoms with Gasteiger partial charge in [-0.1, -0.05) is 12.1 Å². The number of methoxy groups -OCH3 is 1. The smallest absolute Gasteiger partial charge is 0.497 e. The number of nitrogens with one attached hydrogen (secondary N) is 2. The first-order chi connectivity index (χ1) is 12.5. The van der Waals surface area contributed by atoms with Gasteiger partial charge in [-0.2, -0.15) is 13.2 Å². The maximum atomic E-state index is 12.9. The first kappa shape index (κ1) is 20.6. The Kier molecular flexibility index (Phi) is 6.04. The Morgan fingerprint density at radius 2 is 1.63 bits per heavy atom. The minimum atomic E-state index is -4.92. The van der Waals surface area contributed by atoms with E-state index < -0.39 is 23.9 Å². The lowest BCUT2D eigenvalue weighted by atomic mass is 10.2. The van der Waals surface area contributed by atoms with E-state index in [9.17, 15) is 26.3 Å². The summed E-state index contributed by atoms with van der Waals surface area (Å²) in [5, 5.41) is 4.68. The van der Waals surface area contributed by atoms with Gasteiger partial charge in [0.25, 0.3) is 0 Å². The second kappa shape index (κ2) is 7.91. The van der Waals surface area contributed by atoms with Crippen molar-refractivity contribution in [2.24, 2.45) is 0 Å². The fourth-order valence-corrected chi connectivity index (χ4v) is 2.25. The summed E-state index contributed by atoms with van der Waals surface area (Å²) in [5.74, 6) is -0.619. The number of halogens is 6. The van der Waals surface area contributed by atoms with Gasteiger partial charge < -0.3 is 20.1 Å². The van der Waals surface area contributed by atoms with Gasteiger partial charge in [-0.25, -0.2) is 0 Å². The van der Waals surface area contributed by atoms with E-state index >= 15 is 0 Å². The van der Waals surface area contributed by atoms with E-state index in [2.05, 4.69) is 15.4 Å². The average Bonchev–Trinajstić information content (AvgIpc) is 2.54. The molecule has 0 unspecified atom stereocenters. The van der Waals surface area contributed by atoms with Gasteiger partial charge >= 0.3 is 12.5 Å². The lowest BCUT2D eigenvalue weighted by Crippen LogP contribution is -2.22. The molecule has 2 N–H and O–H groups in total. The Hall–Kier alpha value is -2.69. The Labute approximate surface area is 155 Å². The Morgan fingerprint density at radius 3 is 2.22 bits per heavy atom. The number of anilines is 2. The van der Waals surface area contributed by atoms with Crippen molar-refractivity contribution < 1.29 is 35.8 Å². The van der Waals surface area contributed by atoms with E-state index in [0.717, 1.165) is 18.2 Å². The predicted octanol–water partition coefficient (Wildman–Crippen LogP) is 5.42. The second-order valence-electron chi connectivity index (χ2n) is 5.07. The van der Waals surface area contributed by atoms with Gasteiger partial charge in [0.05, 0.1) is 18.4 Å². The van der Waals surface area contributed by atoms with Crippen LogP contribution in [0.4, 0.5) is 37.7 Å². The van der Waals surface area contributed by atoms with Crippen LogP contribution < -0.4 is 20.1 Å². The molecule has 0 saturated carbocycles. The molecular weight excluding hydrogens is 398 g/mol. The summed E-state index contributed by atoms with van der Waals surface area (Å²) < 4.78 is 84.7. The van der Waals surface area contributed by atoms with Crippen LogP contribution in [0.2, 0.25) is 0 Å². The highest BCUT2D eigenvalue weighted by molar-refractivity contribution is 7.80. The molecule has 0 spiro atoms. The Bertz CT molecular complexity index is 823. The van der Waals surface area contributed by atoms with Gasteiger partial charge in [0.1, 0.15) is 5.75 Å². The predicted molar refractivity (Wildman–Crippen MR) is 91.0 cm³/mol. The number of ether oxygens (including phenoxy) is 2. The van der Waals surface area contributed by atoms with Gasteiger partial charge in [-0.3, -0.25) is 0 Å². The molecule has 0 fully saturated rings. The number of benzene rings is 2. The summed E-state index contributed by atoms with van der Waals surface area (Å²) >= 11 is 4.95. The van der Waals surface area contributed by atoms with E-state index in [1.54, 1.807) is 0 Å². The Morgan fingerprint density at radius 1 is 0.963 bits per heavy atom. The lowest BCUT2D eigenvalue weighted by molar-refractivity contribution is -0.274. The summed E-state index contributed by atoms with van der Waals surface area (Å²) in [6.45, 7) is 0. The van der Waals surface area contributed by atoms with E-state index in [1.165, 1.54) is 31.4 Å². The molecule has 0 bridgehead atoms. The molecule has 0 aromatic heterocycles. The van der Waals surface area contributed by atoms with Crippen molar-refractivity contribution in [1.82, 2.24) is 0 Å². The summed E-state index contributed by atoms with van der Waals surface area (Å²) in [4.78, 5) is 0. The van der Waals surface area contributed by atoms with Crippen LogP contribution in [0, 0.1) is 0 Å². The number of rotatable bonds is 4.